The van der Waals surface area contributed by atoms with Crippen LogP contribution in [0.25, 0.3) is 0 Å². The lowest BCUT2D eigenvalue weighted by atomic mass is 9.98. The lowest BCUT2D eigenvalue weighted by Crippen LogP contribution is -2.36. The first-order chi connectivity index (χ1) is 8.74. The largest absolute Gasteiger partial charge is 0.396 e. The predicted octanol–water partition coefficient (Wildman–Crippen LogP) is 1.06. The highest BCUT2D eigenvalue weighted by Gasteiger charge is 2.41. The van der Waals surface area contributed by atoms with Crippen molar-refractivity contribution in [1.82, 2.24) is 5.32 Å². The second kappa shape index (κ2) is 6.85. The highest BCUT2D eigenvalue weighted by Crippen LogP contribution is 2.44. The van der Waals surface area contributed by atoms with Crippen molar-refractivity contribution in [3.63, 3.8) is 0 Å². The van der Waals surface area contributed by atoms with Crippen molar-refractivity contribution in [3.8, 4) is 0 Å². The highest BCUT2D eigenvalue weighted by atomic mass is 16.5. The third kappa shape index (κ3) is 4.50. The van der Waals surface area contributed by atoms with Crippen molar-refractivity contribution in [2.24, 2.45) is 5.41 Å². The maximum atomic E-state index is 9.82. The van der Waals surface area contributed by atoms with Crippen molar-refractivity contribution < 1.29 is 14.9 Å². The molecule has 0 aromatic rings. The van der Waals surface area contributed by atoms with Crippen LogP contribution in [-0.2, 0) is 4.74 Å². The summed E-state index contributed by atoms with van der Waals surface area (Å²) in [5.41, 5.74) is 0.115. The van der Waals surface area contributed by atoms with Crippen LogP contribution in [0.3, 0.4) is 0 Å². The first-order valence-electron chi connectivity index (χ1n) is 7.35. The van der Waals surface area contributed by atoms with Crippen molar-refractivity contribution in [3.05, 3.63) is 0 Å². The van der Waals surface area contributed by atoms with Crippen LogP contribution in [0.4, 0.5) is 0 Å². The fraction of sp³-hybridized carbons (Fsp3) is 1.00. The van der Waals surface area contributed by atoms with E-state index in [2.05, 4.69) is 5.32 Å². The molecule has 0 aromatic carbocycles. The molecular weight excluding hydrogens is 230 g/mol. The Hall–Kier alpha value is -0.160. The van der Waals surface area contributed by atoms with Crippen LogP contribution in [0, 0.1) is 5.41 Å². The minimum Gasteiger partial charge on any atom is -0.396 e. The number of hydrogen-bond donors (Lipinski definition) is 3. The normalized spacial score (nSPS) is 25.0. The molecule has 2 aliphatic rings. The third-order valence-corrected chi connectivity index (χ3v) is 4.25. The molecule has 18 heavy (non-hydrogen) atoms. The van der Waals surface area contributed by atoms with Crippen molar-refractivity contribution >= 4 is 0 Å². The van der Waals surface area contributed by atoms with Gasteiger partial charge < -0.3 is 20.3 Å². The smallest absolute Gasteiger partial charge is 0.0897 e. The minimum atomic E-state index is -0.429. The van der Waals surface area contributed by atoms with E-state index in [9.17, 15) is 5.11 Å². The summed E-state index contributed by atoms with van der Waals surface area (Å²) in [7, 11) is 0. The van der Waals surface area contributed by atoms with Gasteiger partial charge in [-0.3, -0.25) is 0 Å². The predicted molar refractivity (Wildman–Crippen MR) is 70.5 cm³/mol. The quantitative estimate of drug-likeness (QED) is 0.608. The van der Waals surface area contributed by atoms with Crippen LogP contribution < -0.4 is 5.32 Å². The second-order valence-corrected chi connectivity index (χ2v) is 6.04. The molecule has 0 saturated heterocycles. The van der Waals surface area contributed by atoms with Gasteiger partial charge in [-0.25, -0.2) is 0 Å². The summed E-state index contributed by atoms with van der Waals surface area (Å²) in [4.78, 5) is 0. The molecule has 2 fully saturated rings. The standard InChI is InChI=1S/C14H27NO3/c16-11-14(6-7-14)10-15-8-12(17)9-18-13-4-2-1-3-5-13/h12-13,15-17H,1-11H2. The number of aliphatic hydroxyl groups is 2. The number of ether oxygens (including phenoxy) is 1. The van der Waals surface area contributed by atoms with E-state index in [1.165, 1.54) is 19.3 Å². The Morgan fingerprint density at radius 3 is 2.56 bits per heavy atom. The van der Waals surface area contributed by atoms with Gasteiger partial charge in [-0.15, -0.1) is 0 Å². The van der Waals surface area contributed by atoms with Crippen LogP contribution in [0.5, 0.6) is 0 Å². The van der Waals surface area contributed by atoms with Crippen molar-refractivity contribution in [2.75, 3.05) is 26.3 Å². The van der Waals surface area contributed by atoms with Gasteiger partial charge in [0, 0.05) is 25.1 Å². The zero-order chi connectivity index (χ0) is 12.8. The molecule has 0 heterocycles. The molecule has 0 amide bonds. The molecule has 0 spiro atoms. The summed E-state index contributed by atoms with van der Waals surface area (Å²) in [5.74, 6) is 0. The Bertz CT molecular complexity index is 237. The Balaban J connectivity index is 1.50. The fourth-order valence-corrected chi connectivity index (χ4v) is 2.61. The number of rotatable bonds is 8. The third-order valence-electron chi connectivity index (χ3n) is 4.25. The molecular formula is C14H27NO3. The molecule has 2 rings (SSSR count). The van der Waals surface area contributed by atoms with E-state index in [0.717, 1.165) is 32.2 Å². The second-order valence-electron chi connectivity index (χ2n) is 6.04. The van der Waals surface area contributed by atoms with E-state index in [1.807, 2.05) is 0 Å². The Morgan fingerprint density at radius 1 is 1.22 bits per heavy atom. The summed E-state index contributed by atoms with van der Waals surface area (Å²) in [6.45, 7) is 2.07. The molecule has 3 N–H and O–H groups in total. The Kier molecular flexibility index (Phi) is 5.42. The Labute approximate surface area is 110 Å². The van der Waals surface area contributed by atoms with E-state index >= 15 is 0 Å². The van der Waals surface area contributed by atoms with E-state index in [1.54, 1.807) is 0 Å². The van der Waals surface area contributed by atoms with Gasteiger partial charge in [-0.05, 0) is 25.7 Å². The Morgan fingerprint density at radius 2 is 1.94 bits per heavy atom. The lowest BCUT2D eigenvalue weighted by Gasteiger charge is -2.23. The zero-order valence-corrected chi connectivity index (χ0v) is 11.2. The minimum absolute atomic E-state index is 0.115. The van der Waals surface area contributed by atoms with E-state index in [4.69, 9.17) is 9.84 Å². The topological polar surface area (TPSA) is 61.7 Å². The molecule has 106 valence electrons. The summed E-state index contributed by atoms with van der Waals surface area (Å²) in [6, 6.07) is 0. The van der Waals surface area contributed by atoms with Gasteiger partial charge in [0.1, 0.15) is 0 Å². The van der Waals surface area contributed by atoms with E-state index in [-0.39, 0.29) is 12.0 Å². The summed E-state index contributed by atoms with van der Waals surface area (Å²) in [5, 5.41) is 22.2. The molecule has 0 aliphatic heterocycles. The van der Waals surface area contributed by atoms with Gasteiger partial charge in [0.25, 0.3) is 0 Å². The monoisotopic (exact) mass is 257 g/mol. The van der Waals surface area contributed by atoms with Crippen LogP contribution in [0.1, 0.15) is 44.9 Å². The molecule has 0 bridgehead atoms. The highest BCUT2D eigenvalue weighted by molar-refractivity contribution is 4.94. The van der Waals surface area contributed by atoms with Gasteiger partial charge in [-0.2, -0.15) is 0 Å². The molecule has 2 aliphatic carbocycles. The van der Waals surface area contributed by atoms with Crippen LogP contribution >= 0.6 is 0 Å². The van der Waals surface area contributed by atoms with Crippen molar-refractivity contribution in [1.29, 1.82) is 0 Å². The maximum absolute atomic E-state index is 9.82. The first-order valence-corrected chi connectivity index (χ1v) is 7.35. The van der Waals surface area contributed by atoms with Gasteiger partial charge in [0.15, 0.2) is 0 Å². The van der Waals surface area contributed by atoms with Crippen LogP contribution in [-0.4, -0.2) is 48.7 Å². The molecule has 0 radical (unpaired) electrons. The van der Waals surface area contributed by atoms with E-state index < -0.39 is 6.10 Å². The van der Waals surface area contributed by atoms with E-state index in [0.29, 0.717) is 19.3 Å². The van der Waals surface area contributed by atoms with Gasteiger partial charge in [-0.1, -0.05) is 19.3 Å². The molecule has 1 unspecified atom stereocenters. The first kappa shape index (κ1) is 14.3. The average Bonchev–Trinajstić information content (AvgIpc) is 3.18. The van der Waals surface area contributed by atoms with Crippen LogP contribution in [0.2, 0.25) is 0 Å². The van der Waals surface area contributed by atoms with Gasteiger partial charge >= 0.3 is 0 Å². The van der Waals surface area contributed by atoms with Gasteiger partial charge in [0.05, 0.1) is 18.8 Å². The van der Waals surface area contributed by atoms with Gasteiger partial charge in [0.2, 0.25) is 0 Å². The molecule has 0 aromatic heterocycles. The number of aliphatic hydroxyl groups excluding tert-OH is 2. The molecule has 2 saturated carbocycles. The SMILES string of the molecule is OCC1(CNCC(O)COC2CCCCC2)CC1. The summed E-state index contributed by atoms with van der Waals surface area (Å²) < 4.78 is 5.73. The number of nitrogens with one attached hydrogen (secondary N) is 1. The lowest BCUT2D eigenvalue weighted by molar-refractivity contribution is -0.0233. The molecule has 4 nitrogen and oxygen atoms in total. The molecule has 1 atom stereocenters. The summed E-state index contributed by atoms with van der Waals surface area (Å²) in [6.07, 6.45) is 8.28. The average molecular weight is 257 g/mol. The maximum Gasteiger partial charge on any atom is 0.0897 e. The zero-order valence-electron chi connectivity index (χ0n) is 11.2. The molecule has 4 heteroatoms. The fourth-order valence-electron chi connectivity index (χ4n) is 2.61. The van der Waals surface area contributed by atoms with Crippen LogP contribution in [0.15, 0.2) is 0 Å². The van der Waals surface area contributed by atoms with Crippen molar-refractivity contribution in [2.45, 2.75) is 57.2 Å². The summed E-state index contributed by atoms with van der Waals surface area (Å²) >= 11 is 0. The number of hydrogen-bond acceptors (Lipinski definition) is 4.